The minimum absolute atomic E-state index is 0.164. The Hall–Kier alpha value is -1.81. The maximum Gasteiger partial charge on any atom is 0.503 e. The van der Waals surface area contributed by atoms with Gasteiger partial charge in [0, 0.05) is 5.54 Å². The summed E-state index contributed by atoms with van der Waals surface area (Å²) in [7, 11) is 0. The molecule has 1 atom stereocenters. The van der Waals surface area contributed by atoms with E-state index in [9.17, 15) is 0 Å². The number of benzene rings is 1. The van der Waals surface area contributed by atoms with Crippen LogP contribution < -0.4 is 5.73 Å². The van der Waals surface area contributed by atoms with Gasteiger partial charge in [0.25, 0.3) is 0 Å². The number of hydrogen-bond donors (Lipinski definition) is 3. The summed E-state index contributed by atoms with van der Waals surface area (Å²) < 4.78 is 0. The molecule has 4 heteroatoms. The third-order valence-electron chi connectivity index (χ3n) is 2.06. The van der Waals surface area contributed by atoms with E-state index in [0.717, 1.165) is 12.8 Å². The lowest BCUT2D eigenvalue weighted by Crippen LogP contribution is -2.37. The van der Waals surface area contributed by atoms with Crippen LogP contribution in [0.25, 0.3) is 0 Å². The lowest BCUT2D eigenvalue weighted by atomic mass is 9.91. The standard InChI is InChI=1S/C12H17N.CH2O3/c1-3-9-12(2,13)10-11-7-5-4-6-8-11;2-1(3)4/h3-8H,1,9-10,13H2,2H3;(H2,2,3,4)/t12-;/m0./s1. The van der Waals surface area contributed by atoms with Gasteiger partial charge < -0.3 is 15.9 Å². The van der Waals surface area contributed by atoms with Gasteiger partial charge in [-0.1, -0.05) is 36.4 Å². The first-order chi connectivity index (χ1) is 7.87. The molecule has 0 aliphatic heterocycles. The quantitative estimate of drug-likeness (QED) is 0.703. The van der Waals surface area contributed by atoms with Gasteiger partial charge in [0.15, 0.2) is 0 Å². The van der Waals surface area contributed by atoms with Gasteiger partial charge in [-0.25, -0.2) is 4.79 Å². The summed E-state index contributed by atoms with van der Waals surface area (Å²) in [6, 6.07) is 10.3. The van der Waals surface area contributed by atoms with Crippen LogP contribution in [0.5, 0.6) is 0 Å². The van der Waals surface area contributed by atoms with Crippen molar-refractivity contribution in [2.24, 2.45) is 5.73 Å². The van der Waals surface area contributed by atoms with E-state index in [2.05, 4.69) is 25.6 Å². The third-order valence-corrected chi connectivity index (χ3v) is 2.06. The van der Waals surface area contributed by atoms with Gasteiger partial charge in [0.1, 0.15) is 0 Å². The van der Waals surface area contributed by atoms with Gasteiger partial charge in [0.05, 0.1) is 0 Å². The second kappa shape index (κ2) is 7.46. The monoisotopic (exact) mass is 237 g/mol. The van der Waals surface area contributed by atoms with Crippen molar-refractivity contribution in [1.29, 1.82) is 0 Å². The maximum absolute atomic E-state index is 8.56. The molecule has 0 aliphatic rings. The lowest BCUT2D eigenvalue weighted by Gasteiger charge is -2.22. The van der Waals surface area contributed by atoms with Crippen molar-refractivity contribution in [3.05, 3.63) is 48.6 Å². The number of carbonyl (C=O) groups is 1. The number of carboxylic acid groups (broad SMARTS) is 2. The first kappa shape index (κ1) is 15.2. The molecule has 4 N–H and O–H groups in total. The van der Waals surface area contributed by atoms with Gasteiger partial charge >= 0.3 is 6.16 Å². The number of hydrogen-bond acceptors (Lipinski definition) is 2. The topological polar surface area (TPSA) is 83.6 Å². The highest BCUT2D eigenvalue weighted by molar-refractivity contribution is 5.53. The summed E-state index contributed by atoms with van der Waals surface area (Å²) in [5, 5.41) is 13.9. The Kier molecular flexibility index (Phi) is 6.67. The Morgan fingerprint density at radius 1 is 1.41 bits per heavy atom. The maximum atomic E-state index is 8.56. The van der Waals surface area contributed by atoms with Crippen LogP contribution in [-0.4, -0.2) is 21.9 Å². The molecule has 4 nitrogen and oxygen atoms in total. The summed E-state index contributed by atoms with van der Waals surface area (Å²) >= 11 is 0. The zero-order valence-electron chi connectivity index (χ0n) is 9.97. The fraction of sp³-hybridized carbons (Fsp3) is 0.308. The second-order valence-corrected chi connectivity index (χ2v) is 4.09. The zero-order chi connectivity index (χ0) is 13.3. The highest BCUT2D eigenvalue weighted by Gasteiger charge is 2.16. The van der Waals surface area contributed by atoms with Crippen LogP contribution in [0.4, 0.5) is 4.79 Å². The predicted molar refractivity (Wildman–Crippen MR) is 68.2 cm³/mol. The first-order valence-electron chi connectivity index (χ1n) is 5.23. The molecule has 0 spiro atoms. The highest BCUT2D eigenvalue weighted by Crippen LogP contribution is 2.14. The van der Waals surface area contributed by atoms with E-state index in [-0.39, 0.29) is 5.54 Å². The molecule has 0 unspecified atom stereocenters. The van der Waals surface area contributed by atoms with Crippen LogP contribution in [0.2, 0.25) is 0 Å². The van der Waals surface area contributed by atoms with Crippen LogP contribution in [0, 0.1) is 0 Å². The van der Waals surface area contributed by atoms with Gasteiger partial charge in [-0.15, -0.1) is 6.58 Å². The van der Waals surface area contributed by atoms with Gasteiger partial charge in [-0.3, -0.25) is 0 Å². The molecule has 17 heavy (non-hydrogen) atoms. The Labute approximate surface area is 101 Å². The van der Waals surface area contributed by atoms with Crippen molar-refractivity contribution in [2.45, 2.75) is 25.3 Å². The molecular weight excluding hydrogens is 218 g/mol. The van der Waals surface area contributed by atoms with Crippen molar-refractivity contribution in [3.8, 4) is 0 Å². The minimum Gasteiger partial charge on any atom is -0.450 e. The molecule has 0 bridgehead atoms. The summed E-state index contributed by atoms with van der Waals surface area (Å²) in [6.07, 6.45) is 1.80. The molecule has 0 amide bonds. The summed E-state index contributed by atoms with van der Waals surface area (Å²) in [6.45, 7) is 5.76. The summed E-state index contributed by atoms with van der Waals surface area (Å²) in [5.41, 5.74) is 7.21. The van der Waals surface area contributed by atoms with Crippen LogP contribution >= 0.6 is 0 Å². The SMILES string of the molecule is C=CC[C@](C)(N)Cc1ccccc1.O=C(O)O. The first-order valence-corrected chi connectivity index (χ1v) is 5.23. The molecule has 0 heterocycles. The van der Waals surface area contributed by atoms with Crippen molar-refractivity contribution in [1.82, 2.24) is 0 Å². The van der Waals surface area contributed by atoms with Crippen LogP contribution in [-0.2, 0) is 6.42 Å². The summed E-state index contributed by atoms with van der Waals surface area (Å²) in [5.74, 6) is 0. The Morgan fingerprint density at radius 3 is 2.29 bits per heavy atom. The van der Waals surface area contributed by atoms with Crippen LogP contribution in [0.3, 0.4) is 0 Å². The molecule has 0 saturated heterocycles. The van der Waals surface area contributed by atoms with E-state index in [0.29, 0.717) is 0 Å². The Bertz CT molecular complexity index is 343. The molecule has 0 radical (unpaired) electrons. The van der Waals surface area contributed by atoms with Crippen molar-refractivity contribution in [3.63, 3.8) is 0 Å². The van der Waals surface area contributed by atoms with Gasteiger partial charge in [-0.2, -0.15) is 0 Å². The van der Waals surface area contributed by atoms with E-state index >= 15 is 0 Å². The molecule has 0 aliphatic carbocycles. The van der Waals surface area contributed by atoms with E-state index in [1.165, 1.54) is 5.56 Å². The van der Waals surface area contributed by atoms with E-state index in [1.807, 2.05) is 24.3 Å². The van der Waals surface area contributed by atoms with E-state index in [1.54, 1.807) is 0 Å². The predicted octanol–water partition coefficient (Wildman–Crippen LogP) is 2.75. The Morgan fingerprint density at radius 2 is 1.88 bits per heavy atom. The highest BCUT2D eigenvalue weighted by atomic mass is 16.6. The van der Waals surface area contributed by atoms with Crippen molar-refractivity contribution >= 4 is 6.16 Å². The molecule has 1 rings (SSSR count). The fourth-order valence-electron chi connectivity index (χ4n) is 1.46. The number of nitrogens with two attached hydrogens (primary N) is 1. The Balaban J connectivity index is 0.000000557. The largest absolute Gasteiger partial charge is 0.503 e. The molecule has 0 fully saturated rings. The zero-order valence-corrected chi connectivity index (χ0v) is 9.97. The second-order valence-electron chi connectivity index (χ2n) is 4.09. The number of rotatable bonds is 4. The molecular formula is C13H19NO3. The third kappa shape index (κ3) is 9.14. The molecule has 0 saturated carbocycles. The minimum atomic E-state index is -1.83. The lowest BCUT2D eigenvalue weighted by molar-refractivity contribution is 0.137. The molecule has 1 aromatic rings. The van der Waals surface area contributed by atoms with E-state index < -0.39 is 6.16 Å². The summed E-state index contributed by atoms with van der Waals surface area (Å²) in [4.78, 5) is 8.56. The average molecular weight is 237 g/mol. The fourth-order valence-corrected chi connectivity index (χ4v) is 1.46. The van der Waals surface area contributed by atoms with Crippen molar-refractivity contribution in [2.75, 3.05) is 0 Å². The van der Waals surface area contributed by atoms with Crippen LogP contribution in [0.15, 0.2) is 43.0 Å². The van der Waals surface area contributed by atoms with E-state index in [4.69, 9.17) is 20.7 Å². The molecule has 94 valence electrons. The van der Waals surface area contributed by atoms with Gasteiger partial charge in [-0.05, 0) is 25.3 Å². The smallest absolute Gasteiger partial charge is 0.450 e. The molecule has 1 aromatic carbocycles. The van der Waals surface area contributed by atoms with Gasteiger partial charge in [0.2, 0.25) is 0 Å². The van der Waals surface area contributed by atoms with Crippen molar-refractivity contribution < 1.29 is 15.0 Å². The molecule has 0 aromatic heterocycles. The average Bonchev–Trinajstić information content (AvgIpc) is 2.17. The van der Waals surface area contributed by atoms with Crippen LogP contribution in [0.1, 0.15) is 18.9 Å². The normalized spacial score (nSPS) is 12.8.